The Hall–Kier alpha value is -2.87. The molecule has 7 nitrogen and oxygen atoms in total. The number of aryl methyl sites for hydroxylation is 1. The van der Waals surface area contributed by atoms with E-state index in [1.165, 1.54) is 22.2 Å². The molecule has 0 aliphatic carbocycles. The summed E-state index contributed by atoms with van der Waals surface area (Å²) in [5, 5.41) is 7.36. The summed E-state index contributed by atoms with van der Waals surface area (Å²) >= 11 is 12.5. The second kappa shape index (κ2) is 8.34. The van der Waals surface area contributed by atoms with Crippen molar-refractivity contribution >= 4 is 46.4 Å². The topological polar surface area (TPSA) is 79.4 Å². The van der Waals surface area contributed by atoms with Crippen LogP contribution >= 0.6 is 23.2 Å². The van der Waals surface area contributed by atoms with Crippen molar-refractivity contribution in [2.45, 2.75) is 19.4 Å². The highest BCUT2D eigenvalue weighted by Crippen LogP contribution is 2.37. The van der Waals surface area contributed by atoms with E-state index in [0.717, 1.165) is 31.6 Å². The number of halogens is 2. The van der Waals surface area contributed by atoms with E-state index in [1.807, 2.05) is 6.07 Å². The predicted octanol–water partition coefficient (Wildman–Crippen LogP) is 4.56. The molecule has 0 radical (unpaired) electrons. The monoisotopic (exact) mass is 455 g/mol. The average Bonchev–Trinajstić information content (AvgIpc) is 3.00. The Morgan fingerprint density at radius 3 is 2.81 bits per heavy atom. The number of rotatable bonds is 3. The van der Waals surface area contributed by atoms with E-state index in [0.29, 0.717) is 21.7 Å². The Morgan fingerprint density at radius 1 is 1.13 bits per heavy atom. The number of fused-ring (bicyclic) bond motifs is 2. The van der Waals surface area contributed by atoms with Crippen LogP contribution < -0.4 is 20.3 Å². The van der Waals surface area contributed by atoms with Crippen molar-refractivity contribution in [3.8, 4) is 5.88 Å². The van der Waals surface area contributed by atoms with Crippen LogP contribution in [0, 0.1) is 0 Å². The van der Waals surface area contributed by atoms with E-state index in [-0.39, 0.29) is 24.1 Å². The summed E-state index contributed by atoms with van der Waals surface area (Å²) in [6, 6.07) is 11.3. The first-order valence-corrected chi connectivity index (χ1v) is 10.7. The number of benzene rings is 2. The van der Waals surface area contributed by atoms with Crippen molar-refractivity contribution in [1.82, 2.24) is 15.3 Å². The molecular formula is C22H19Cl2N5O2. The van der Waals surface area contributed by atoms with Gasteiger partial charge in [-0.1, -0.05) is 35.3 Å². The van der Waals surface area contributed by atoms with E-state index in [9.17, 15) is 4.79 Å². The molecule has 0 unspecified atom stereocenters. The molecule has 2 aliphatic rings. The molecular weight excluding hydrogens is 437 g/mol. The largest absolute Gasteiger partial charge is 0.455 e. The van der Waals surface area contributed by atoms with Crippen LogP contribution in [0.5, 0.6) is 5.88 Å². The number of anilines is 3. The average molecular weight is 456 g/mol. The molecule has 3 aromatic rings. The molecule has 0 atom stereocenters. The highest BCUT2D eigenvalue weighted by Gasteiger charge is 2.31. The lowest BCUT2D eigenvalue weighted by Gasteiger charge is -2.29. The minimum Gasteiger partial charge on any atom is -0.455 e. The molecule has 1 amide bonds. The molecule has 158 valence electrons. The highest BCUT2D eigenvalue weighted by molar-refractivity contribution is 6.40. The fraction of sp³-hybridized carbons (Fsp3) is 0.227. The molecule has 0 saturated heterocycles. The maximum atomic E-state index is 13.0. The number of hydrogen-bond donors (Lipinski definition) is 2. The molecule has 31 heavy (non-hydrogen) atoms. The van der Waals surface area contributed by atoms with Crippen LogP contribution in [0.2, 0.25) is 10.0 Å². The number of hydrogen-bond acceptors (Lipinski definition) is 6. The second-order valence-electron chi connectivity index (χ2n) is 7.38. The first-order chi connectivity index (χ1) is 15.1. The third-order valence-corrected chi connectivity index (χ3v) is 5.95. The Kier molecular flexibility index (Phi) is 5.40. The predicted molar refractivity (Wildman–Crippen MR) is 121 cm³/mol. The molecule has 0 saturated carbocycles. The van der Waals surface area contributed by atoms with E-state index >= 15 is 0 Å². The zero-order valence-electron chi connectivity index (χ0n) is 16.5. The van der Waals surface area contributed by atoms with Gasteiger partial charge in [-0.25, -0.2) is 4.98 Å². The van der Waals surface area contributed by atoms with Crippen LogP contribution in [-0.2, 0) is 13.0 Å². The van der Waals surface area contributed by atoms with Crippen molar-refractivity contribution < 1.29 is 9.53 Å². The van der Waals surface area contributed by atoms with Crippen LogP contribution in [0.25, 0.3) is 0 Å². The molecule has 1 aromatic heterocycles. The third-order valence-electron chi connectivity index (χ3n) is 5.34. The molecule has 2 aliphatic heterocycles. The normalized spacial score (nSPS) is 15.5. The summed E-state index contributed by atoms with van der Waals surface area (Å²) in [4.78, 5) is 23.1. The number of aromatic nitrogens is 2. The lowest BCUT2D eigenvalue weighted by Crippen LogP contribution is -2.39. The fourth-order valence-corrected chi connectivity index (χ4v) is 4.40. The molecule has 3 heterocycles. The van der Waals surface area contributed by atoms with Gasteiger partial charge in [0.25, 0.3) is 5.91 Å². The Bertz CT molecular complexity index is 1150. The van der Waals surface area contributed by atoms with Gasteiger partial charge in [-0.15, -0.1) is 0 Å². The van der Waals surface area contributed by atoms with E-state index < -0.39 is 0 Å². The summed E-state index contributed by atoms with van der Waals surface area (Å²) in [6.45, 7) is 1.82. The molecule has 0 fully saturated rings. The molecule has 2 N–H and O–H groups in total. The summed E-state index contributed by atoms with van der Waals surface area (Å²) in [5.74, 6) is 0.259. The second-order valence-corrected chi connectivity index (χ2v) is 8.19. The maximum absolute atomic E-state index is 13.0. The SMILES string of the molecule is O=C1c2cnc(Nc3ccc4c(c3)CNCCC4)nc2OCN1c1c(Cl)cccc1Cl. The number of para-hydroxylation sites is 1. The number of carbonyl (C=O) groups excluding carboxylic acids is 1. The van der Waals surface area contributed by atoms with Gasteiger partial charge < -0.3 is 15.4 Å². The zero-order chi connectivity index (χ0) is 21.4. The van der Waals surface area contributed by atoms with Crippen LogP contribution in [0.1, 0.15) is 27.9 Å². The number of carbonyl (C=O) groups is 1. The third kappa shape index (κ3) is 3.92. The first-order valence-electron chi connectivity index (χ1n) is 9.95. The van der Waals surface area contributed by atoms with Gasteiger partial charge in [0.15, 0.2) is 6.73 Å². The Balaban J connectivity index is 1.39. The van der Waals surface area contributed by atoms with Crippen LogP contribution in [0.3, 0.4) is 0 Å². The van der Waals surface area contributed by atoms with Crippen molar-refractivity contribution in [3.05, 3.63) is 69.3 Å². The quantitative estimate of drug-likeness (QED) is 0.602. The molecule has 5 rings (SSSR count). The van der Waals surface area contributed by atoms with E-state index in [4.69, 9.17) is 27.9 Å². The van der Waals surface area contributed by atoms with E-state index in [1.54, 1.807) is 18.2 Å². The summed E-state index contributed by atoms with van der Waals surface area (Å²) in [5.41, 5.74) is 4.16. The van der Waals surface area contributed by atoms with Crippen LogP contribution in [-0.4, -0.2) is 29.2 Å². The van der Waals surface area contributed by atoms with Gasteiger partial charge in [0.2, 0.25) is 11.8 Å². The maximum Gasteiger partial charge on any atom is 0.268 e. The lowest BCUT2D eigenvalue weighted by molar-refractivity contribution is 0.0932. The van der Waals surface area contributed by atoms with Crippen molar-refractivity contribution in [2.75, 3.05) is 23.5 Å². The van der Waals surface area contributed by atoms with Gasteiger partial charge in [0.05, 0.1) is 15.7 Å². The van der Waals surface area contributed by atoms with Gasteiger partial charge in [-0.05, 0) is 54.8 Å². The number of nitrogens with one attached hydrogen (secondary N) is 2. The van der Waals surface area contributed by atoms with Gasteiger partial charge in [-0.3, -0.25) is 9.69 Å². The number of amides is 1. The first kappa shape index (κ1) is 20.1. The fourth-order valence-electron chi connectivity index (χ4n) is 3.79. The van der Waals surface area contributed by atoms with Gasteiger partial charge in [0, 0.05) is 18.4 Å². The minimum absolute atomic E-state index is 0.0454. The summed E-state index contributed by atoms with van der Waals surface area (Å²) < 4.78 is 5.74. The zero-order valence-corrected chi connectivity index (χ0v) is 18.0. The van der Waals surface area contributed by atoms with Gasteiger partial charge in [0.1, 0.15) is 5.56 Å². The van der Waals surface area contributed by atoms with Crippen LogP contribution in [0.15, 0.2) is 42.6 Å². The van der Waals surface area contributed by atoms with E-state index in [2.05, 4.69) is 32.7 Å². The van der Waals surface area contributed by atoms with Crippen molar-refractivity contribution in [2.24, 2.45) is 0 Å². The molecule has 9 heteroatoms. The molecule has 2 aromatic carbocycles. The Labute approximate surface area is 189 Å². The van der Waals surface area contributed by atoms with Gasteiger partial charge >= 0.3 is 0 Å². The minimum atomic E-state index is -0.320. The molecule has 0 bridgehead atoms. The Morgan fingerprint density at radius 2 is 1.97 bits per heavy atom. The smallest absolute Gasteiger partial charge is 0.268 e. The van der Waals surface area contributed by atoms with Crippen molar-refractivity contribution in [3.63, 3.8) is 0 Å². The van der Waals surface area contributed by atoms with Gasteiger partial charge in [-0.2, -0.15) is 4.98 Å². The number of ether oxygens (including phenoxy) is 1. The molecule has 0 spiro atoms. The lowest BCUT2D eigenvalue weighted by atomic mass is 10.0. The highest BCUT2D eigenvalue weighted by atomic mass is 35.5. The summed E-state index contributed by atoms with van der Waals surface area (Å²) in [7, 11) is 0. The summed E-state index contributed by atoms with van der Waals surface area (Å²) in [6.07, 6.45) is 3.66. The number of nitrogens with zero attached hydrogens (tertiary/aromatic N) is 3. The van der Waals surface area contributed by atoms with Crippen LogP contribution in [0.4, 0.5) is 17.3 Å². The van der Waals surface area contributed by atoms with Crippen molar-refractivity contribution in [1.29, 1.82) is 0 Å². The standard InChI is InChI=1S/C22H19Cl2N5O2/c23-17-4-1-5-18(24)19(17)29-12-31-20-16(21(29)30)11-26-22(28-20)27-15-7-6-13-3-2-8-25-10-14(13)9-15/h1,4-7,9,11,25H,2-3,8,10,12H2,(H,26,27,28).